The number of nitrogens with two attached hydrogens (primary N) is 1. The van der Waals surface area contributed by atoms with E-state index in [1.807, 2.05) is 18.2 Å². The highest BCUT2D eigenvalue weighted by Crippen LogP contribution is 2.31. The molecule has 1 aliphatic heterocycles. The van der Waals surface area contributed by atoms with Crippen LogP contribution in [0.25, 0.3) is 0 Å². The molecule has 0 aromatic heterocycles. The van der Waals surface area contributed by atoms with Crippen LogP contribution in [0.3, 0.4) is 0 Å². The number of hydrogen-bond acceptors (Lipinski definition) is 8. The fourth-order valence-corrected chi connectivity index (χ4v) is 2.82. The van der Waals surface area contributed by atoms with Gasteiger partial charge in [0.1, 0.15) is 24.2 Å². The van der Waals surface area contributed by atoms with Crippen molar-refractivity contribution in [3.63, 3.8) is 0 Å². The van der Waals surface area contributed by atoms with E-state index in [9.17, 15) is 9.90 Å². The Hall–Kier alpha value is -3.01. The normalized spacial score (nSPS) is 13.6. The summed E-state index contributed by atoms with van der Waals surface area (Å²) in [5, 5.41) is 15.9. The van der Waals surface area contributed by atoms with Gasteiger partial charge < -0.3 is 35.8 Å². The lowest BCUT2D eigenvalue weighted by molar-refractivity contribution is -0.215. The van der Waals surface area contributed by atoms with Crippen molar-refractivity contribution in [1.82, 2.24) is 10.6 Å². The van der Waals surface area contributed by atoms with Crippen LogP contribution >= 0.6 is 0 Å². The molecule has 0 bridgehead atoms. The smallest absolute Gasteiger partial charge is 0.257 e. The van der Waals surface area contributed by atoms with E-state index in [1.165, 1.54) is 0 Å². The van der Waals surface area contributed by atoms with Gasteiger partial charge in [-0.3, -0.25) is 4.79 Å². The second-order valence-electron chi connectivity index (χ2n) is 6.76. The lowest BCUT2D eigenvalue weighted by Gasteiger charge is -2.20. The first kappa shape index (κ1) is 21.7. The molecule has 1 unspecified atom stereocenters. The summed E-state index contributed by atoms with van der Waals surface area (Å²) in [6.07, 6.45) is 0.00729. The van der Waals surface area contributed by atoms with Crippen LogP contribution in [0, 0.1) is 0 Å². The predicted octanol–water partition coefficient (Wildman–Crippen LogP) is 0.660. The van der Waals surface area contributed by atoms with Gasteiger partial charge in [-0.05, 0) is 36.4 Å². The molecular weight excluding hydrogens is 390 g/mol. The quantitative estimate of drug-likeness (QED) is 0.239. The molecule has 30 heavy (non-hydrogen) atoms. The zero-order valence-electron chi connectivity index (χ0n) is 16.6. The molecule has 0 fully saturated rings. The average molecular weight is 417 g/mol. The minimum absolute atomic E-state index is 0.0729. The molecule has 1 heterocycles. The van der Waals surface area contributed by atoms with Crippen molar-refractivity contribution >= 4 is 11.6 Å². The lowest BCUT2D eigenvalue weighted by Crippen LogP contribution is -2.38. The van der Waals surface area contributed by atoms with E-state index in [0.29, 0.717) is 55.6 Å². The highest BCUT2D eigenvalue weighted by Gasteiger charge is 2.17. The number of rotatable bonds is 11. The number of nitrogen functional groups attached to an aromatic ring is 1. The minimum atomic E-state index is -0.689. The Kier molecular flexibility index (Phi) is 8.13. The molecule has 5 N–H and O–H groups in total. The monoisotopic (exact) mass is 417 g/mol. The average Bonchev–Trinajstić information content (AvgIpc) is 2.77. The van der Waals surface area contributed by atoms with Gasteiger partial charge in [0, 0.05) is 37.3 Å². The van der Waals surface area contributed by atoms with Crippen molar-refractivity contribution in [3.8, 4) is 17.2 Å². The molecule has 1 aliphatic rings. The SMILES string of the molecule is Nc1ccc(OCC(=O)NCCNCC(O)COc2cccc3c2CCOO3)cc1. The third-order valence-electron chi connectivity index (χ3n) is 4.36. The summed E-state index contributed by atoms with van der Waals surface area (Å²) in [7, 11) is 0. The van der Waals surface area contributed by atoms with Crippen LogP contribution < -0.4 is 30.7 Å². The molecule has 0 saturated heterocycles. The molecule has 0 aliphatic carbocycles. The Balaban J connectivity index is 1.26. The molecule has 9 nitrogen and oxygen atoms in total. The molecule has 162 valence electrons. The van der Waals surface area contributed by atoms with Crippen LogP contribution in [0.1, 0.15) is 5.56 Å². The first-order chi connectivity index (χ1) is 14.6. The summed E-state index contributed by atoms with van der Waals surface area (Å²) >= 11 is 0. The summed E-state index contributed by atoms with van der Waals surface area (Å²) in [4.78, 5) is 21.9. The number of nitrogens with one attached hydrogen (secondary N) is 2. The van der Waals surface area contributed by atoms with E-state index < -0.39 is 6.10 Å². The number of amides is 1. The largest absolute Gasteiger partial charge is 0.490 e. The Labute approximate surface area is 175 Å². The number of carbonyl (C=O) groups is 1. The summed E-state index contributed by atoms with van der Waals surface area (Å²) in [6.45, 7) is 1.81. The lowest BCUT2D eigenvalue weighted by atomic mass is 10.1. The van der Waals surface area contributed by atoms with E-state index >= 15 is 0 Å². The van der Waals surface area contributed by atoms with Crippen molar-refractivity contribution in [3.05, 3.63) is 48.0 Å². The number of benzene rings is 2. The van der Waals surface area contributed by atoms with Crippen LogP contribution in [-0.2, 0) is 16.1 Å². The number of hydrogen-bond donors (Lipinski definition) is 4. The predicted molar refractivity (Wildman–Crippen MR) is 110 cm³/mol. The zero-order valence-corrected chi connectivity index (χ0v) is 16.6. The highest BCUT2D eigenvalue weighted by atomic mass is 17.2. The van der Waals surface area contributed by atoms with E-state index in [1.54, 1.807) is 24.3 Å². The van der Waals surface area contributed by atoms with Crippen molar-refractivity contribution in [2.24, 2.45) is 0 Å². The number of anilines is 1. The van der Waals surface area contributed by atoms with Crippen molar-refractivity contribution in [2.75, 3.05) is 45.2 Å². The van der Waals surface area contributed by atoms with Gasteiger partial charge in [-0.2, -0.15) is 4.89 Å². The molecular formula is C21H27N3O6. The summed E-state index contributed by atoms with van der Waals surface area (Å²) < 4.78 is 11.1. The van der Waals surface area contributed by atoms with Crippen LogP contribution in [0.5, 0.6) is 17.2 Å². The van der Waals surface area contributed by atoms with E-state index in [0.717, 1.165) is 5.56 Å². The highest BCUT2D eigenvalue weighted by molar-refractivity contribution is 5.77. The molecule has 1 amide bonds. The van der Waals surface area contributed by atoms with Gasteiger partial charge in [0.2, 0.25) is 0 Å². The Morgan fingerprint density at radius 2 is 2.00 bits per heavy atom. The van der Waals surface area contributed by atoms with Crippen LogP contribution in [-0.4, -0.2) is 56.6 Å². The molecule has 0 saturated carbocycles. The second kappa shape index (κ2) is 11.2. The van der Waals surface area contributed by atoms with Gasteiger partial charge >= 0.3 is 0 Å². The Morgan fingerprint density at radius 3 is 2.83 bits per heavy atom. The van der Waals surface area contributed by atoms with E-state index in [4.69, 9.17) is 25.0 Å². The number of ether oxygens (including phenoxy) is 2. The molecule has 9 heteroatoms. The minimum Gasteiger partial charge on any atom is -0.490 e. The third-order valence-corrected chi connectivity index (χ3v) is 4.36. The van der Waals surface area contributed by atoms with Gasteiger partial charge in [-0.1, -0.05) is 6.07 Å². The first-order valence-electron chi connectivity index (χ1n) is 9.80. The molecule has 2 aromatic carbocycles. The Bertz CT molecular complexity index is 815. The fraction of sp³-hybridized carbons (Fsp3) is 0.381. The standard InChI is InChI=1S/C21H27N3O6/c22-15-4-6-17(7-5-15)27-14-21(26)24-10-9-23-12-16(25)13-28-19-2-1-3-20-18(19)8-11-29-30-20/h1-7,16,23,25H,8-14,22H2,(H,24,26). The van der Waals surface area contributed by atoms with Gasteiger partial charge in [-0.15, -0.1) is 0 Å². The number of carbonyl (C=O) groups excluding carboxylic acids is 1. The first-order valence-corrected chi connectivity index (χ1v) is 9.80. The number of fused-ring (bicyclic) bond motifs is 1. The molecule has 0 radical (unpaired) electrons. The fourth-order valence-electron chi connectivity index (χ4n) is 2.82. The van der Waals surface area contributed by atoms with E-state index in [2.05, 4.69) is 10.6 Å². The molecule has 2 aromatic rings. The maximum Gasteiger partial charge on any atom is 0.257 e. The second-order valence-corrected chi connectivity index (χ2v) is 6.76. The molecule has 0 spiro atoms. The molecule has 1 atom stereocenters. The maximum absolute atomic E-state index is 11.8. The van der Waals surface area contributed by atoms with Crippen molar-refractivity contribution in [1.29, 1.82) is 0 Å². The van der Waals surface area contributed by atoms with Crippen LogP contribution in [0.4, 0.5) is 5.69 Å². The zero-order chi connectivity index (χ0) is 21.2. The van der Waals surface area contributed by atoms with Crippen molar-refractivity contribution < 1.29 is 29.1 Å². The van der Waals surface area contributed by atoms with Crippen molar-refractivity contribution in [2.45, 2.75) is 12.5 Å². The van der Waals surface area contributed by atoms with E-state index in [-0.39, 0.29) is 19.1 Å². The summed E-state index contributed by atoms with van der Waals surface area (Å²) in [5.41, 5.74) is 7.17. The maximum atomic E-state index is 11.8. The van der Waals surface area contributed by atoms with Gasteiger partial charge in [0.25, 0.3) is 5.91 Å². The number of aliphatic hydroxyl groups excluding tert-OH is 1. The summed E-state index contributed by atoms with van der Waals surface area (Å²) in [5.74, 6) is 1.68. The van der Waals surface area contributed by atoms with Crippen LogP contribution in [0.2, 0.25) is 0 Å². The van der Waals surface area contributed by atoms with Gasteiger partial charge in [0.15, 0.2) is 12.4 Å². The Morgan fingerprint density at radius 1 is 1.17 bits per heavy atom. The van der Waals surface area contributed by atoms with Crippen LogP contribution in [0.15, 0.2) is 42.5 Å². The van der Waals surface area contributed by atoms with Gasteiger partial charge in [0.05, 0.1) is 6.61 Å². The number of aliphatic hydroxyl groups is 1. The third kappa shape index (κ3) is 6.80. The van der Waals surface area contributed by atoms with Gasteiger partial charge in [-0.25, -0.2) is 0 Å². The summed E-state index contributed by atoms with van der Waals surface area (Å²) in [6, 6.07) is 12.3. The molecule has 3 rings (SSSR count). The topological polar surface area (TPSA) is 124 Å².